The molecule has 18 heavy (non-hydrogen) atoms. The van der Waals surface area contributed by atoms with Crippen LogP contribution in [0.3, 0.4) is 0 Å². The van der Waals surface area contributed by atoms with Crippen molar-refractivity contribution in [3.05, 3.63) is 0 Å². The van der Waals surface area contributed by atoms with Crippen molar-refractivity contribution in [1.29, 1.82) is 0 Å². The van der Waals surface area contributed by atoms with E-state index < -0.39 is 30.4 Å². The first-order valence-electron chi connectivity index (χ1n) is 5.59. The zero-order chi connectivity index (χ0) is 14.1. The Kier molecular flexibility index (Phi) is 7.45. The smallest absolute Gasteiger partial charge is 0.326 e. The Morgan fingerprint density at radius 2 is 2.00 bits per heavy atom. The number of carbonyl (C=O) groups is 3. The molecular weight excluding hydrogens is 242 g/mol. The minimum Gasteiger partial charge on any atom is -0.480 e. The molecule has 0 fully saturated rings. The summed E-state index contributed by atoms with van der Waals surface area (Å²) >= 11 is 0. The van der Waals surface area contributed by atoms with Gasteiger partial charge in [0.1, 0.15) is 6.04 Å². The second-order valence-electron chi connectivity index (χ2n) is 3.67. The molecule has 0 radical (unpaired) electrons. The molecule has 0 aromatic rings. The highest BCUT2D eigenvalue weighted by atomic mass is 16.4. The molecular formula is C10H19N3O5. The molecule has 0 saturated heterocycles. The monoisotopic (exact) mass is 261 g/mol. The third-order valence-electron chi connectivity index (χ3n) is 2.26. The fourth-order valence-electron chi connectivity index (χ4n) is 1.31. The molecule has 0 spiro atoms. The maximum absolute atomic E-state index is 11.7. The maximum atomic E-state index is 11.7. The van der Waals surface area contributed by atoms with E-state index in [4.69, 9.17) is 15.9 Å². The lowest BCUT2D eigenvalue weighted by molar-refractivity contribution is -0.140. The van der Waals surface area contributed by atoms with Gasteiger partial charge in [0.05, 0.1) is 6.42 Å². The molecule has 0 saturated carbocycles. The molecule has 0 aromatic heterocycles. The third-order valence-corrected chi connectivity index (χ3v) is 2.26. The quantitative estimate of drug-likeness (QED) is 0.432. The summed E-state index contributed by atoms with van der Waals surface area (Å²) in [6.45, 7) is 2.34. The Labute approximate surface area is 105 Å². The first-order valence-corrected chi connectivity index (χ1v) is 5.59. The maximum Gasteiger partial charge on any atom is 0.326 e. The van der Waals surface area contributed by atoms with Crippen molar-refractivity contribution in [2.45, 2.75) is 25.8 Å². The van der Waals surface area contributed by atoms with Gasteiger partial charge in [0, 0.05) is 19.7 Å². The summed E-state index contributed by atoms with van der Waals surface area (Å²) in [7, 11) is 0. The molecule has 5 N–H and O–H groups in total. The fraction of sp³-hybridized carbons (Fsp3) is 0.700. The van der Waals surface area contributed by atoms with E-state index in [0.29, 0.717) is 19.5 Å². The molecule has 104 valence electrons. The average molecular weight is 261 g/mol. The number of hydrogen-bond donors (Lipinski definition) is 4. The summed E-state index contributed by atoms with van der Waals surface area (Å²) in [5.41, 5.74) is 4.90. The molecule has 0 heterocycles. The number of hydrogen-bond acceptors (Lipinski definition) is 4. The van der Waals surface area contributed by atoms with E-state index in [9.17, 15) is 14.4 Å². The third kappa shape index (κ3) is 6.04. The number of nitrogens with zero attached hydrogens (tertiary/aromatic N) is 1. The van der Waals surface area contributed by atoms with Crippen LogP contribution in [-0.4, -0.2) is 58.8 Å². The predicted octanol–water partition coefficient (Wildman–Crippen LogP) is -1.27. The standard InChI is InChI=1S/C10H19N3O5/c1-2-13(4-3-5-14)10(18)12-7(9(16)17)6-8(11)15/h7,14H,2-6H2,1H3,(H2,11,15)(H,12,18)(H,16,17)/t7-/m0/s1. The van der Waals surface area contributed by atoms with Gasteiger partial charge in [0.25, 0.3) is 0 Å². The van der Waals surface area contributed by atoms with Crippen LogP contribution in [0, 0.1) is 0 Å². The molecule has 8 nitrogen and oxygen atoms in total. The molecule has 0 rings (SSSR count). The minimum atomic E-state index is -1.34. The number of carbonyl (C=O) groups excluding carboxylic acids is 2. The Bertz CT molecular complexity index is 308. The predicted molar refractivity (Wildman–Crippen MR) is 62.7 cm³/mol. The Hall–Kier alpha value is -1.83. The number of carboxylic acid groups (broad SMARTS) is 1. The van der Waals surface area contributed by atoms with E-state index in [-0.39, 0.29) is 6.61 Å². The molecule has 0 bridgehead atoms. The van der Waals surface area contributed by atoms with Crippen molar-refractivity contribution in [1.82, 2.24) is 10.2 Å². The van der Waals surface area contributed by atoms with Crippen molar-refractivity contribution in [2.75, 3.05) is 19.7 Å². The van der Waals surface area contributed by atoms with Crippen LogP contribution >= 0.6 is 0 Å². The molecule has 3 amide bonds. The van der Waals surface area contributed by atoms with Crippen molar-refractivity contribution in [3.63, 3.8) is 0 Å². The number of rotatable bonds is 8. The highest BCUT2D eigenvalue weighted by molar-refractivity contribution is 5.87. The summed E-state index contributed by atoms with van der Waals surface area (Å²) in [6.07, 6.45) is -0.0621. The van der Waals surface area contributed by atoms with Crippen LogP contribution in [0.15, 0.2) is 0 Å². The van der Waals surface area contributed by atoms with E-state index in [1.807, 2.05) is 0 Å². The van der Waals surface area contributed by atoms with Gasteiger partial charge < -0.3 is 26.2 Å². The number of aliphatic carboxylic acids is 1. The SMILES string of the molecule is CCN(CCCO)C(=O)N[C@@H](CC(N)=O)C(=O)O. The number of amides is 3. The van der Waals surface area contributed by atoms with Crippen LogP contribution < -0.4 is 11.1 Å². The molecule has 0 aromatic carbocycles. The molecule has 8 heteroatoms. The molecule has 0 aliphatic heterocycles. The normalized spacial score (nSPS) is 11.7. The Morgan fingerprint density at radius 1 is 1.39 bits per heavy atom. The molecule has 0 aliphatic rings. The number of primary amides is 1. The second-order valence-corrected chi connectivity index (χ2v) is 3.67. The van der Waals surface area contributed by atoms with E-state index in [2.05, 4.69) is 5.32 Å². The van der Waals surface area contributed by atoms with Crippen molar-refractivity contribution in [2.24, 2.45) is 5.73 Å². The number of urea groups is 1. The first kappa shape index (κ1) is 16.2. The van der Waals surface area contributed by atoms with Crippen LogP contribution in [0.5, 0.6) is 0 Å². The lowest BCUT2D eigenvalue weighted by Gasteiger charge is -2.23. The first-order chi connectivity index (χ1) is 8.42. The van der Waals surface area contributed by atoms with Gasteiger partial charge in [-0.1, -0.05) is 0 Å². The second kappa shape index (κ2) is 8.29. The minimum absolute atomic E-state index is 0.0621. The molecule has 1 atom stereocenters. The van der Waals surface area contributed by atoms with Crippen molar-refractivity contribution in [3.8, 4) is 0 Å². The van der Waals surface area contributed by atoms with Gasteiger partial charge in [-0.25, -0.2) is 9.59 Å². The van der Waals surface area contributed by atoms with Gasteiger partial charge >= 0.3 is 12.0 Å². The van der Waals surface area contributed by atoms with Crippen LogP contribution in [-0.2, 0) is 9.59 Å². The number of aliphatic hydroxyl groups is 1. The van der Waals surface area contributed by atoms with Crippen LogP contribution in [0.1, 0.15) is 19.8 Å². The molecule has 0 unspecified atom stereocenters. The lowest BCUT2D eigenvalue weighted by atomic mass is 10.2. The van der Waals surface area contributed by atoms with Gasteiger partial charge in [-0.3, -0.25) is 4.79 Å². The number of carboxylic acids is 1. The summed E-state index contributed by atoms with van der Waals surface area (Å²) in [5.74, 6) is -2.12. The fourth-order valence-corrected chi connectivity index (χ4v) is 1.31. The van der Waals surface area contributed by atoms with Gasteiger partial charge in [-0.05, 0) is 13.3 Å². The van der Waals surface area contributed by atoms with Crippen LogP contribution in [0.4, 0.5) is 4.79 Å². The van der Waals surface area contributed by atoms with Gasteiger partial charge in [-0.15, -0.1) is 0 Å². The number of aliphatic hydroxyl groups excluding tert-OH is 1. The van der Waals surface area contributed by atoms with E-state index in [1.54, 1.807) is 6.92 Å². The van der Waals surface area contributed by atoms with Gasteiger partial charge in [0.2, 0.25) is 5.91 Å². The highest BCUT2D eigenvalue weighted by Crippen LogP contribution is 1.97. The topological polar surface area (TPSA) is 133 Å². The summed E-state index contributed by atoms with van der Waals surface area (Å²) in [6, 6.07) is -1.93. The Balaban J connectivity index is 4.46. The van der Waals surface area contributed by atoms with Crippen LogP contribution in [0.25, 0.3) is 0 Å². The van der Waals surface area contributed by atoms with Crippen molar-refractivity contribution < 1.29 is 24.6 Å². The van der Waals surface area contributed by atoms with Crippen LogP contribution in [0.2, 0.25) is 0 Å². The lowest BCUT2D eigenvalue weighted by Crippen LogP contribution is -2.49. The van der Waals surface area contributed by atoms with Gasteiger partial charge in [-0.2, -0.15) is 0 Å². The van der Waals surface area contributed by atoms with E-state index >= 15 is 0 Å². The van der Waals surface area contributed by atoms with E-state index in [1.165, 1.54) is 4.90 Å². The Morgan fingerprint density at radius 3 is 2.39 bits per heavy atom. The number of nitrogens with one attached hydrogen (secondary N) is 1. The summed E-state index contributed by atoms with van der Waals surface area (Å²) in [4.78, 5) is 34.5. The van der Waals surface area contributed by atoms with Crippen molar-refractivity contribution >= 4 is 17.9 Å². The van der Waals surface area contributed by atoms with E-state index in [0.717, 1.165) is 0 Å². The average Bonchev–Trinajstić information content (AvgIpc) is 2.28. The highest BCUT2D eigenvalue weighted by Gasteiger charge is 2.24. The zero-order valence-corrected chi connectivity index (χ0v) is 10.3. The molecule has 0 aliphatic carbocycles. The zero-order valence-electron chi connectivity index (χ0n) is 10.3. The van der Waals surface area contributed by atoms with Gasteiger partial charge in [0.15, 0.2) is 0 Å². The summed E-state index contributed by atoms with van der Waals surface area (Å²) in [5, 5.41) is 19.7. The summed E-state index contributed by atoms with van der Waals surface area (Å²) < 4.78 is 0. The number of nitrogens with two attached hydrogens (primary N) is 1. The largest absolute Gasteiger partial charge is 0.480 e.